The maximum atomic E-state index is 12.9. The minimum atomic E-state index is -0.272. The molecule has 1 saturated carbocycles. The van der Waals surface area contributed by atoms with Crippen molar-refractivity contribution in [2.45, 2.75) is 65.5 Å². The van der Waals surface area contributed by atoms with Gasteiger partial charge >= 0.3 is 0 Å². The van der Waals surface area contributed by atoms with Crippen LogP contribution in [0.1, 0.15) is 65.1 Å². The number of nitrogens with zero attached hydrogens (tertiary/aromatic N) is 1. The van der Waals surface area contributed by atoms with E-state index in [-0.39, 0.29) is 11.9 Å². The fraction of sp³-hybridized carbons (Fsp3) is 0.706. The van der Waals surface area contributed by atoms with Gasteiger partial charge in [-0.3, -0.25) is 4.98 Å². The first-order chi connectivity index (χ1) is 9.38. The molecule has 0 saturated heterocycles. The van der Waals surface area contributed by atoms with Gasteiger partial charge in [0.15, 0.2) is 0 Å². The monoisotopic (exact) mass is 278 g/mol. The van der Waals surface area contributed by atoms with Crippen LogP contribution in [0.15, 0.2) is 18.3 Å². The van der Waals surface area contributed by atoms with Gasteiger partial charge in [-0.2, -0.15) is 0 Å². The summed E-state index contributed by atoms with van der Waals surface area (Å²) in [6.07, 6.45) is 6.46. The molecule has 1 N–H and O–H groups in total. The molecule has 1 heterocycles. The van der Waals surface area contributed by atoms with Gasteiger partial charge < -0.3 is 5.32 Å². The van der Waals surface area contributed by atoms with Gasteiger partial charge in [0.05, 0.1) is 11.9 Å². The average molecular weight is 278 g/mol. The molecule has 1 aromatic rings. The molecule has 1 aliphatic carbocycles. The molecule has 0 amide bonds. The fourth-order valence-electron chi connectivity index (χ4n) is 3.42. The molecule has 0 bridgehead atoms. The molecule has 2 rings (SSSR count). The maximum Gasteiger partial charge on any atom is 0.141 e. The molecule has 112 valence electrons. The summed E-state index contributed by atoms with van der Waals surface area (Å²) in [6.45, 7) is 9.12. The molecule has 0 aliphatic heterocycles. The van der Waals surface area contributed by atoms with Gasteiger partial charge in [-0.1, -0.05) is 33.6 Å². The second-order valence-electron chi connectivity index (χ2n) is 7.15. The molecular formula is C17H27FN2. The van der Waals surface area contributed by atoms with Crippen molar-refractivity contribution in [3.8, 4) is 0 Å². The SMILES string of the molecule is CC(NC1CCCCC1C(C)(C)C)c1ccc(F)cn1. The van der Waals surface area contributed by atoms with Gasteiger partial charge in [0, 0.05) is 12.1 Å². The predicted octanol–water partition coefficient (Wildman–Crippen LogP) is 4.48. The molecule has 2 nitrogen and oxygen atoms in total. The van der Waals surface area contributed by atoms with Gasteiger partial charge in [-0.15, -0.1) is 0 Å². The summed E-state index contributed by atoms with van der Waals surface area (Å²) in [5.41, 5.74) is 1.25. The Labute approximate surface area is 122 Å². The average Bonchev–Trinajstić information content (AvgIpc) is 2.38. The lowest BCUT2D eigenvalue weighted by Gasteiger charge is -2.42. The lowest BCUT2D eigenvalue weighted by Crippen LogP contribution is -2.45. The van der Waals surface area contributed by atoms with E-state index in [0.29, 0.717) is 17.4 Å². The van der Waals surface area contributed by atoms with Crippen molar-refractivity contribution in [1.29, 1.82) is 0 Å². The number of rotatable bonds is 3. The number of nitrogens with one attached hydrogen (secondary N) is 1. The van der Waals surface area contributed by atoms with Gasteiger partial charge in [0.2, 0.25) is 0 Å². The third kappa shape index (κ3) is 3.78. The third-order valence-corrected chi connectivity index (χ3v) is 4.54. The van der Waals surface area contributed by atoms with Crippen LogP contribution in [-0.2, 0) is 0 Å². The van der Waals surface area contributed by atoms with E-state index in [9.17, 15) is 4.39 Å². The van der Waals surface area contributed by atoms with Crippen LogP contribution >= 0.6 is 0 Å². The minimum absolute atomic E-state index is 0.170. The van der Waals surface area contributed by atoms with Crippen molar-refractivity contribution in [1.82, 2.24) is 10.3 Å². The Bertz CT molecular complexity index is 422. The van der Waals surface area contributed by atoms with Gasteiger partial charge in [0.25, 0.3) is 0 Å². The zero-order chi connectivity index (χ0) is 14.8. The first-order valence-electron chi connectivity index (χ1n) is 7.75. The summed E-state index contributed by atoms with van der Waals surface area (Å²) in [6, 6.07) is 3.97. The summed E-state index contributed by atoms with van der Waals surface area (Å²) >= 11 is 0. The predicted molar refractivity (Wildman–Crippen MR) is 80.9 cm³/mol. The van der Waals surface area contributed by atoms with Crippen LogP contribution in [0.25, 0.3) is 0 Å². The van der Waals surface area contributed by atoms with E-state index >= 15 is 0 Å². The van der Waals surface area contributed by atoms with E-state index in [1.165, 1.54) is 37.9 Å². The van der Waals surface area contributed by atoms with Gasteiger partial charge in [0.1, 0.15) is 5.82 Å². The Balaban J connectivity index is 2.05. The van der Waals surface area contributed by atoms with E-state index in [1.807, 2.05) is 0 Å². The molecular weight excluding hydrogens is 251 g/mol. The minimum Gasteiger partial charge on any atom is -0.306 e. The number of aromatic nitrogens is 1. The summed E-state index contributed by atoms with van der Waals surface area (Å²) in [5, 5.41) is 3.73. The summed E-state index contributed by atoms with van der Waals surface area (Å²) in [5.74, 6) is 0.422. The topological polar surface area (TPSA) is 24.9 Å². The smallest absolute Gasteiger partial charge is 0.141 e. The van der Waals surface area contributed by atoms with E-state index in [1.54, 1.807) is 6.07 Å². The summed E-state index contributed by atoms with van der Waals surface area (Å²) in [7, 11) is 0. The first-order valence-corrected chi connectivity index (χ1v) is 7.75. The Morgan fingerprint density at radius 1 is 1.25 bits per heavy atom. The molecule has 3 unspecified atom stereocenters. The molecule has 3 atom stereocenters. The lowest BCUT2D eigenvalue weighted by molar-refractivity contribution is 0.124. The van der Waals surface area contributed by atoms with Crippen LogP contribution in [0.4, 0.5) is 4.39 Å². The Kier molecular flexibility index (Phi) is 4.79. The van der Waals surface area contributed by atoms with Crippen molar-refractivity contribution in [3.05, 3.63) is 29.8 Å². The number of pyridine rings is 1. The maximum absolute atomic E-state index is 12.9. The van der Waals surface area contributed by atoms with Crippen molar-refractivity contribution >= 4 is 0 Å². The van der Waals surface area contributed by atoms with Crippen LogP contribution in [0, 0.1) is 17.2 Å². The lowest BCUT2D eigenvalue weighted by atomic mass is 9.69. The normalized spacial score (nSPS) is 25.4. The number of hydrogen-bond donors (Lipinski definition) is 1. The van der Waals surface area contributed by atoms with Crippen molar-refractivity contribution in [2.24, 2.45) is 11.3 Å². The third-order valence-electron chi connectivity index (χ3n) is 4.54. The quantitative estimate of drug-likeness (QED) is 0.882. The molecule has 20 heavy (non-hydrogen) atoms. The molecule has 1 aromatic heterocycles. The van der Waals surface area contributed by atoms with Crippen LogP contribution < -0.4 is 5.32 Å². The standard InChI is InChI=1S/C17H27FN2/c1-12(15-10-9-13(18)11-19-15)20-16-8-6-5-7-14(16)17(2,3)4/h9-12,14,16,20H,5-8H2,1-4H3. The second-order valence-corrected chi connectivity index (χ2v) is 7.15. The van der Waals surface area contributed by atoms with Crippen molar-refractivity contribution in [3.63, 3.8) is 0 Å². The molecule has 0 spiro atoms. The van der Waals surface area contributed by atoms with Crippen LogP contribution in [0.2, 0.25) is 0 Å². The van der Waals surface area contributed by atoms with Crippen molar-refractivity contribution in [2.75, 3.05) is 0 Å². The number of halogens is 1. The molecule has 0 aromatic carbocycles. The fourth-order valence-corrected chi connectivity index (χ4v) is 3.42. The Hall–Kier alpha value is -0.960. The van der Waals surface area contributed by atoms with Crippen LogP contribution in [-0.4, -0.2) is 11.0 Å². The van der Waals surface area contributed by atoms with Gasteiger partial charge in [-0.25, -0.2) is 4.39 Å². The van der Waals surface area contributed by atoms with Gasteiger partial charge in [-0.05, 0) is 43.2 Å². The number of hydrogen-bond acceptors (Lipinski definition) is 2. The highest BCUT2D eigenvalue weighted by molar-refractivity contribution is 5.09. The first kappa shape index (κ1) is 15.4. The highest BCUT2D eigenvalue weighted by atomic mass is 19.1. The molecule has 3 heteroatoms. The zero-order valence-electron chi connectivity index (χ0n) is 13.1. The summed E-state index contributed by atoms with van der Waals surface area (Å²) < 4.78 is 12.9. The van der Waals surface area contributed by atoms with Crippen LogP contribution in [0.3, 0.4) is 0 Å². The Morgan fingerprint density at radius 2 is 1.95 bits per heavy atom. The Morgan fingerprint density at radius 3 is 2.55 bits per heavy atom. The molecule has 1 aliphatic rings. The van der Waals surface area contributed by atoms with Crippen molar-refractivity contribution < 1.29 is 4.39 Å². The summed E-state index contributed by atoms with van der Waals surface area (Å²) in [4.78, 5) is 4.19. The highest BCUT2D eigenvalue weighted by Crippen LogP contribution is 2.38. The van der Waals surface area contributed by atoms with Crippen LogP contribution in [0.5, 0.6) is 0 Å². The van der Waals surface area contributed by atoms with E-state index in [2.05, 4.69) is 38.0 Å². The molecule has 1 fully saturated rings. The molecule has 0 radical (unpaired) electrons. The largest absolute Gasteiger partial charge is 0.306 e. The van der Waals surface area contributed by atoms with E-state index < -0.39 is 0 Å². The van der Waals surface area contributed by atoms with E-state index in [4.69, 9.17) is 0 Å². The van der Waals surface area contributed by atoms with E-state index in [0.717, 1.165) is 5.69 Å². The second kappa shape index (κ2) is 6.21. The highest BCUT2D eigenvalue weighted by Gasteiger charge is 2.34. The zero-order valence-corrected chi connectivity index (χ0v) is 13.1.